The van der Waals surface area contributed by atoms with Gasteiger partial charge >= 0.3 is 0 Å². The molecule has 5 rings (SSSR count). The van der Waals surface area contributed by atoms with E-state index >= 15 is 0 Å². The number of benzene rings is 3. The summed E-state index contributed by atoms with van der Waals surface area (Å²) in [5, 5.41) is 27.4. The number of nitrogens with zero attached hydrogens (tertiary/aromatic N) is 1. The van der Waals surface area contributed by atoms with Crippen LogP contribution in [0.3, 0.4) is 0 Å². The minimum atomic E-state index is -1.36. The van der Waals surface area contributed by atoms with Crippen LogP contribution in [0.25, 0.3) is 0 Å². The summed E-state index contributed by atoms with van der Waals surface area (Å²) in [7, 11) is 0. The van der Waals surface area contributed by atoms with Gasteiger partial charge in [-0.2, -0.15) is 0 Å². The van der Waals surface area contributed by atoms with Crippen molar-refractivity contribution in [1.29, 1.82) is 0 Å². The maximum atomic E-state index is 14.8. The maximum Gasteiger partial charge on any atom is 0.167 e. The molecule has 160 valence electrons. The standard InChI is InChI=1S/C28H31NO2/c30-28(24-14-6-2-7-15-24,25-16-8-3-9-17-25)27(21-22-11-4-1-5-12-22)29(31)20-19-23-13-10-18-26(23)29/h1-9,11-12,14-17,23,26-27,30H,10,13,18-21H2/t23-,26-,27-,29?/m0/s1. The Kier molecular flexibility index (Phi) is 5.43. The number of rotatable bonds is 6. The Morgan fingerprint density at radius 3 is 1.94 bits per heavy atom. The summed E-state index contributed by atoms with van der Waals surface area (Å²) in [6.45, 7) is 0.592. The molecule has 0 spiro atoms. The summed E-state index contributed by atoms with van der Waals surface area (Å²) in [5.74, 6) is 0.492. The molecule has 3 nitrogen and oxygen atoms in total. The van der Waals surface area contributed by atoms with Crippen LogP contribution < -0.4 is 0 Å². The highest BCUT2D eigenvalue weighted by molar-refractivity contribution is 5.38. The Balaban J connectivity index is 1.69. The Labute approximate surface area is 185 Å². The lowest BCUT2D eigenvalue weighted by atomic mass is 9.76. The molecule has 3 aromatic rings. The molecular weight excluding hydrogens is 382 g/mol. The second-order valence-electron chi connectivity index (χ2n) is 9.33. The van der Waals surface area contributed by atoms with Crippen LogP contribution in [-0.2, 0) is 12.0 Å². The van der Waals surface area contributed by atoms with E-state index in [1.165, 1.54) is 0 Å². The largest absolute Gasteiger partial charge is 0.632 e. The smallest absolute Gasteiger partial charge is 0.167 e. The van der Waals surface area contributed by atoms with Crippen LogP contribution in [0.2, 0.25) is 0 Å². The third-order valence-electron chi connectivity index (χ3n) is 7.74. The molecule has 1 aliphatic carbocycles. The zero-order valence-electron chi connectivity index (χ0n) is 17.9. The van der Waals surface area contributed by atoms with Crippen LogP contribution in [0, 0.1) is 11.1 Å². The summed E-state index contributed by atoms with van der Waals surface area (Å²) < 4.78 is -0.292. The van der Waals surface area contributed by atoms with Crippen LogP contribution in [0.15, 0.2) is 91.0 Å². The first-order chi connectivity index (χ1) is 15.1. The van der Waals surface area contributed by atoms with Gasteiger partial charge in [0.25, 0.3) is 0 Å². The summed E-state index contributed by atoms with van der Waals surface area (Å²) in [6, 6.07) is 29.4. The van der Waals surface area contributed by atoms with Gasteiger partial charge < -0.3 is 15.0 Å². The zero-order chi connectivity index (χ0) is 21.3. The van der Waals surface area contributed by atoms with E-state index in [-0.39, 0.29) is 10.7 Å². The summed E-state index contributed by atoms with van der Waals surface area (Å²) in [5.41, 5.74) is 1.35. The van der Waals surface area contributed by atoms with Crippen molar-refractivity contribution >= 4 is 0 Å². The summed E-state index contributed by atoms with van der Waals surface area (Å²) in [6.07, 6.45) is 4.77. The van der Waals surface area contributed by atoms with Gasteiger partial charge in [-0.3, -0.25) is 0 Å². The molecule has 2 fully saturated rings. The Hall–Kier alpha value is -2.46. The third kappa shape index (κ3) is 3.51. The molecule has 0 aromatic heterocycles. The number of quaternary nitrogens is 1. The van der Waals surface area contributed by atoms with Crippen LogP contribution in [-0.4, -0.2) is 28.4 Å². The van der Waals surface area contributed by atoms with Gasteiger partial charge in [0, 0.05) is 25.2 Å². The average molecular weight is 414 g/mol. The van der Waals surface area contributed by atoms with E-state index in [9.17, 15) is 10.3 Å². The summed E-state index contributed by atoms with van der Waals surface area (Å²) >= 11 is 0. The first kappa shape index (κ1) is 20.4. The van der Waals surface area contributed by atoms with E-state index in [1.807, 2.05) is 78.9 Å². The van der Waals surface area contributed by atoms with Crippen LogP contribution >= 0.6 is 0 Å². The molecule has 1 saturated heterocycles. The molecule has 4 atom stereocenters. The molecule has 3 aromatic carbocycles. The fourth-order valence-electron chi connectivity index (χ4n) is 6.24. The topological polar surface area (TPSA) is 43.3 Å². The van der Waals surface area contributed by atoms with Crippen LogP contribution in [0.5, 0.6) is 0 Å². The number of hydrogen-bond donors (Lipinski definition) is 1. The minimum Gasteiger partial charge on any atom is -0.632 e. The van der Waals surface area contributed by atoms with Gasteiger partial charge in [-0.1, -0.05) is 91.0 Å². The number of likely N-dealkylation sites (tertiary alicyclic amines) is 1. The predicted octanol–water partition coefficient (Wildman–Crippen LogP) is 5.42. The fraction of sp³-hybridized carbons (Fsp3) is 0.357. The number of fused-ring (bicyclic) bond motifs is 1. The normalized spacial score (nSPS) is 26.5. The maximum absolute atomic E-state index is 14.8. The van der Waals surface area contributed by atoms with Crippen molar-refractivity contribution in [1.82, 2.24) is 0 Å². The van der Waals surface area contributed by atoms with Crippen LogP contribution in [0.4, 0.5) is 0 Å². The average Bonchev–Trinajstić information content (AvgIpc) is 3.43. The zero-order valence-corrected chi connectivity index (χ0v) is 17.9. The minimum absolute atomic E-state index is 0.0904. The molecule has 1 unspecified atom stereocenters. The predicted molar refractivity (Wildman–Crippen MR) is 124 cm³/mol. The summed E-state index contributed by atoms with van der Waals surface area (Å²) in [4.78, 5) is 0. The number of aliphatic hydroxyl groups is 1. The van der Waals surface area contributed by atoms with Crippen molar-refractivity contribution in [3.05, 3.63) is 113 Å². The van der Waals surface area contributed by atoms with Gasteiger partial charge in [-0.15, -0.1) is 0 Å². The van der Waals surface area contributed by atoms with E-state index in [2.05, 4.69) is 12.1 Å². The van der Waals surface area contributed by atoms with Crippen molar-refractivity contribution < 1.29 is 9.75 Å². The quantitative estimate of drug-likeness (QED) is 0.433. The van der Waals surface area contributed by atoms with Gasteiger partial charge in [-0.25, -0.2) is 0 Å². The SMILES string of the molecule is [O-][N+]1([C@@H](Cc2ccccc2)C(O)(c2ccccc2)c2ccccc2)CC[C@@H]2CCC[C@@H]21. The lowest BCUT2D eigenvalue weighted by Gasteiger charge is -2.55. The van der Waals surface area contributed by atoms with E-state index in [4.69, 9.17) is 0 Å². The van der Waals surface area contributed by atoms with E-state index < -0.39 is 11.6 Å². The molecule has 3 heteroatoms. The third-order valence-corrected chi connectivity index (χ3v) is 7.74. The van der Waals surface area contributed by atoms with Gasteiger partial charge in [0.05, 0.1) is 12.6 Å². The molecule has 1 aliphatic heterocycles. The highest BCUT2D eigenvalue weighted by atomic mass is 16.6. The second kappa shape index (κ2) is 8.23. The molecule has 1 saturated carbocycles. The second-order valence-corrected chi connectivity index (χ2v) is 9.33. The first-order valence-corrected chi connectivity index (χ1v) is 11.6. The molecular formula is C28H31NO2. The van der Waals surface area contributed by atoms with Crippen LogP contribution in [0.1, 0.15) is 42.4 Å². The van der Waals surface area contributed by atoms with Crippen molar-refractivity contribution in [2.24, 2.45) is 5.92 Å². The van der Waals surface area contributed by atoms with Crippen molar-refractivity contribution in [3.63, 3.8) is 0 Å². The Morgan fingerprint density at radius 1 is 0.806 bits per heavy atom. The van der Waals surface area contributed by atoms with E-state index in [0.29, 0.717) is 18.9 Å². The lowest BCUT2D eigenvalue weighted by molar-refractivity contribution is -0.925. The van der Waals surface area contributed by atoms with Crippen molar-refractivity contribution in [2.75, 3.05) is 6.54 Å². The molecule has 1 N–H and O–H groups in total. The fourth-order valence-corrected chi connectivity index (χ4v) is 6.24. The monoisotopic (exact) mass is 413 g/mol. The highest BCUT2D eigenvalue weighted by Crippen LogP contribution is 2.49. The molecule has 2 aliphatic rings. The van der Waals surface area contributed by atoms with Gasteiger partial charge in [0.1, 0.15) is 6.04 Å². The molecule has 1 heterocycles. The van der Waals surface area contributed by atoms with Crippen molar-refractivity contribution in [2.45, 2.75) is 49.8 Å². The van der Waals surface area contributed by atoms with E-state index in [1.54, 1.807) is 0 Å². The molecule has 0 radical (unpaired) electrons. The Bertz CT molecular complexity index is 952. The van der Waals surface area contributed by atoms with Crippen molar-refractivity contribution in [3.8, 4) is 0 Å². The van der Waals surface area contributed by atoms with Gasteiger partial charge in [0.15, 0.2) is 5.60 Å². The molecule has 0 bridgehead atoms. The molecule has 31 heavy (non-hydrogen) atoms. The molecule has 0 amide bonds. The lowest BCUT2D eigenvalue weighted by Crippen LogP contribution is -2.63. The first-order valence-electron chi connectivity index (χ1n) is 11.6. The Morgan fingerprint density at radius 2 is 1.35 bits per heavy atom. The highest BCUT2D eigenvalue weighted by Gasteiger charge is 2.56. The number of hydroxylamine groups is 3. The van der Waals surface area contributed by atoms with E-state index in [0.717, 1.165) is 42.4 Å². The number of hydrogen-bond acceptors (Lipinski definition) is 2. The van der Waals surface area contributed by atoms with Gasteiger partial charge in [-0.05, 0) is 29.5 Å². The van der Waals surface area contributed by atoms with Gasteiger partial charge in [0.2, 0.25) is 0 Å².